The van der Waals surface area contributed by atoms with Crippen molar-refractivity contribution < 1.29 is 18.7 Å². The van der Waals surface area contributed by atoms with E-state index in [1.54, 1.807) is 27.8 Å². The predicted molar refractivity (Wildman–Crippen MR) is 137 cm³/mol. The lowest BCUT2D eigenvalue weighted by Crippen LogP contribution is -2.58. The van der Waals surface area contributed by atoms with Gasteiger partial charge in [0.05, 0.1) is 18.0 Å². The summed E-state index contributed by atoms with van der Waals surface area (Å²) in [6, 6.07) is -0.852. The van der Waals surface area contributed by atoms with Gasteiger partial charge in [-0.05, 0) is 25.3 Å². The molecule has 3 unspecified atom stereocenters. The maximum Gasteiger partial charge on any atom is 0.261 e. The summed E-state index contributed by atoms with van der Waals surface area (Å²) in [6.07, 6.45) is 5.23. The van der Waals surface area contributed by atoms with Gasteiger partial charge in [-0.2, -0.15) is 9.49 Å². The molecule has 1 fully saturated rings. The van der Waals surface area contributed by atoms with Gasteiger partial charge in [0.1, 0.15) is 28.6 Å². The lowest BCUT2D eigenvalue weighted by Gasteiger charge is -2.40. The Kier molecular flexibility index (Phi) is 6.31. The molecule has 0 aliphatic carbocycles. The van der Waals surface area contributed by atoms with Crippen molar-refractivity contribution in [2.24, 2.45) is 0 Å². The predicted octanol–water partition coefficient (Wildman–Crippen LogP) is 1.69. The Bertz CT molecular complexity index is 1410. The minimum atomic E-state index is -1.18. The van der Waals surface area contributed by atoms with Gasteiger partial charge in [-0.15, -0.1) is 0 Å². The Morgan fingerprint density at radius 2 is 2.30 bits per heavy atom. The fourth-order valence-corrected chi connectivity index (χ4v) is 6.53. The lowest BCUT2D eigenvalue weighted by atomic mass is 10.00. The van der Waals surface area contributed by atoms with E-state index in [0.29, 0.717) is 42.5 Å². The molecule has 0 bridgehead atoms. The third kappa shape index (κ3) is 4.26. The van der Waals surface area contributed by atoms with Crippen molar-refractivity contribution in [3.63, 3.8) is 0 Å². The number of carbonyl (C=O) groups is 1. The van der Waals surface area contributed by atoms with Crippen LogP contribution in [0.15, 0.2) is 24.1 Å². The van der Waals surface area contributed by atoms with Crippen LogP contribution in [0.5, 0.6) is 0 Å². The highest BCUT2D eigenvalue weighted by Crippen LogP contribution is 2.39. The van der Waals surface area contributed by atoms with Gasteiger partial charge in [-0.3, -0.25) is 4.79 Å². The van der Waals surface area contributed by atoms with Gasteiger partial charge in [0, 0.05) is 26.1 Å². The van der Waals surface area contributed by atoms with Gasteiger partial charge in [0.2, 0.25) is 10.1 Å². The highest BCUT2D eigenvalue weighted by atomic mass is 35.5. The van der Waals surface area contributed by atoms with Crippen LogP contribution in [-0.2, 0) is 20.7 Å². The molecule has 37 heavy (non-hydrogen) atoms. The number of nitrogens with one attached hydrogen (secondary N) is 2. The van der Waals surface area contributed by atoms with Crippen LogP contribution in [0.25, 0.3) is 4.96 Å². The first-order valence-electron chi connectivity index (χ1n) is 11.7. The number of aromatic nitrogens is 4. The van der Waals surface area contributed by atoms with E-state index in [9.17, 15) is 4.79 Å². The van der Waals surface area contributed by atoms with Gasteiger partial charge in [0.25, 0.3) is 5.91 Å². The molecule has 0 saturated carbocycles. The number of anilines is 1. The number of carbonyl (C=O) groups excluding carboxylic acids is 1. The monoisotopic (exact) mass is 566 g/mol. The minimum Gasteiger partial charge on any atom is -0.484 e. The topological polar surface area (TPSA) is 132 Å². The molecule has 3 aliphatic rings. The zero-order chi connectivity index (χ0) is 25.7. The summed E-state index contributed by atoms with van der Waals surface area (Å²) in [4.78, 5) is 23.6. The minimum absolute atomic E-state index is 0.0686. The number of morpholine rings is 1. The second kappa shape index (κ2) is 9.51. The second-order valence-corrected chi connectivity index (χ2v) is 11.5. The highest BCUT2D eigenvalue weighted by molar-refractivity contribution is 7.16. The molecule has 4 N–H and O–H groups in total. The smallest absolute Gasteiger partial charge is 0.261 e. The summed E-state index contributed by atoms with van der Waals surface area (Å²) in [7, 11) is 0. The molecular formula is C22H24ClFN8O3S2. The third-order valence-corrected chi connectivity index (χ3v) is 8.55. The maximum absolute atomic E-state index is 15.0. The van der Waals surface area contributed by atoms with E-state index in [2.05, 4.69) is 25.7 Å². The van der Waals surface area contributed by atoms with Crippen molar-refractivity contribution in [2.45, 2.75) is 30.5 Å². The molecule has 1 saturated heterocycles. The van der Waals surface area contributed by atoms with E-state index in [1.807, 2.05) is 6.92 Å². The molecule has 3 atom stereocenters. The molecule has 0 aromatic carbocycles. The summed E-state index contributed by atoms with van der Waals surface area (Å²) in [5.74, 6) is -0.000372. The first kappa shape index (κ1) is 24.6. The first-order chi connectivity index (χ1) is 17.8. The molecule has 6 heterocycles. The third-order valence-electron chi connectivity index (χ3n) is 6.50. The molecule has 3 aliphatic heterocycles. The Morgan fingerprint density at radius 1 is 1.43 bits per heavy atom. The molecule has 3 aromatic rings. The molecule has 11 nitrogen and oxygen atoms in total. The maximum atomic E-state index is 15.0. The number of rotatable bonds is 5. The zero-order valence-corrected chi connectivity index (χ0v) is 22.1. The zero-order valence-electron chi connectivity index (χ0n) is 19.7. The number of hydrogen-bond acceptors (Lipinski definition) is 11. The number of amides is 1. The summed E-state index contributed by atoms with van der Waals surface area (Å²) < 4.78 is 28.5. The summed E-state index contributed by atoms with van der Waals surface area (Å²) in [5.41, 5.74) is 7.26. The van der Waals surface area contributed by atoms with Crippen molar-refractivity contribution in [2.75, 3.05) is 38.6 Å². The van der Waals surface area contributed by atoms with Crippen LogP contribution in [0.1, 0.15) is 28.1 Å². The summed E-state index contributed by atoms with van der Waals surface area (Å²) in [5, 5.41) is 11.2. The molecule has 196 valence electrons. The normalized spacial score (nSPS) is 25.6. The first-order valence-corrected chi connectivity index (χ1v) is 13.7. The van der Waals surface area contributed by atoms with Crippen molar-refractivity contribution >= 4 is 50.3 Å². The second-order valence-electron chi connectivity index (χ2n) is 8.81. The average Bonchev–Trinajstić information content (AvgIpc) is 3.53. The largest absolute Gasteiger partial charge is 0.484 e. The summed E-state index contributed by atoms with van der Waals surface area (Å²) >= 11 is 9.09. The number of allylic oxidation sites excluding steroid dienone is 2. The molecule has 0 spiro atoms. The van der Waals surface area contributed by atoms with Crippen LogP contribution in [0.3, 0.4) is 0 Å². The SMILES string of the molecule is Cc1nn2c3c(nc2s1)CCN(C(=O)COC1=CC=CNC1(Cl)C1CNCCO1)C3c1nc(N)sc1F. The van der Waals surface area contributed by atoms with Crippen molar-refractivity contribution in [1.82, 2.24) is 35.1 Å². The molecule has 15 heteroatoms. The van der Waals surface area contributed by atoms with E-state index in [4.69, 9.17) is 26.8 Å². The van der Waals surface area contributed by atoms with E-state index >= 15 is 4.39 Å². The van der Waals surface area contributed by atoms with Gasteiger partial charge >= 0.3 is 0 Å². The number of imidazole rings is 1. The molecular weight excluding hydrogens is 543 g/mol. The number of hydrogen-bond donors (Lipinski definition) is 3. The van der Waals surface area contributed by atoms with Crippen LogP contribution in [0, 0.1) is 12.1 Å². The van der Waals surface area contributed by atoms with E-state index < -0.39 is 22.3 Å². The number of ether oxygens (including phenoxy) is 2. The fourth-order valence-electron chi connectivity index (χ4n) is 4.85. The molecule has 3 aromatic heterocycles. The van der Waals surface area contributed by atoms with E-state index in [-0.39, 0.29) is 23.3 Å². The molecule has 6 rings (SSSR count). The number of dihydropyridines is 1. The number of fused-ring (bicyclic) bond motifs is 3. The Hall–Kier alpha value is -2.78. The highest BCUT2D eigenvalue weighted by Gasteiger charge is 2.45. The average molecular weight is 567 g/mol. The van der Waals surface area contributed by atoms with E-state index in [0.717, 1.165) is 28.6 Å². The Morgan fingerprint density at radius 3 is 3.05 bits per heavy atom. The Balaban J connectivity index is 1.30. The van der Waals surface area contributed by atoms with Gasteiger partial charge in [-0.25, -0.2) is 14.5 Å². The van der Waals surface area contributed by atoms with E-state index in [1.165, 1.54) is 11.3 Å². The van der Waals surface area contributed by atoms with Crippen molar-refractivity contribution in [1.29, 1.82) is 0 Å². The number of nitrogens with two attached hydrogens (primary N) is 1. The molecule has 0 radical (unpaired) electrons. The van der Waals surface area contributed by atoms with Crippen LogP contribution < -0.4 is 16.4 Å². The molecule has 1 amide bonds. The van der Waals surface area contributed by atoms with Crippen molar-refractivity contribution in [3.8, 4) is 0 Å². The van der Waals surface area contributed by atoms with Crippen LogP contribution in [0.2, 0.25) is 0 Å². The number of halogens is 2. The standard InChI is InChI=1S/C22H24ClFN8O3S2/c1-11-30-32-17-12(28-21(32)36-11)4-7-31(18(17)16-19(24)37-20(25)29-16)15(33)10-35-13-3-2-5-27-22(13,23)14-9-26-6-8-34-14/h2-3,5,14,18,26-27H,4,6-10H2,1H3,(H2,25,29). The number of nitrogen functional groups attached to an aromatic ring is 1. The summed E-state index contributed by atoms with van der Waals surface area (Å²) in [6.45, 7) is 3.61. The van der Waals surface area contributed by atoms with Crippen molar-refractivity contribution in [3.05, 3.63) is 51.3 Å². The van der Waals surface area contributed by atoms with Crippen LogP contribution in [0.4, 0.5) is 9.52 Å². The number of alkyl halides is 1. The van der Waals surface area contributed by atoms with Gasteiger partial charge < -0.3 is 30.7 Å². The van der Waals surface area contributed by atoms with Crippen LogP contribution >= 0.6 is 34.3 Å². The van der Waals surface area contributed by atoms with Crippen LogP contribution in [-0.4, -0.2) is 74.3 Å². The quantitative estimate of drug-likeness (QED) is 0.312. The lowest BCUT2D eigenvalue weighted by molar-refractivity contribution is -0.137. The fraction of sp³-hybridized carbons (Fsp3) is 0.455. The Labute approximate surface area is 224 Å². The van der Waals surface area contributed by atoms with Gasteiger partial charge in [-0.1, -0.05) is 34.3 Å². The number of thiazole rings is 1. The number of aryl methyl sites for hydroxylation is 1. The number of nitrogens with zero attached hydrogens (tertiary/aromatic N) is 5. The van der Waals surface area contributed by atoms with Gasteiger partial charge in [0.15, 0.2) is 16.7 Å².